The number of halogens is 3. The Morgan fingerprint density at radius 3 is 2.77 bits per heavy atom. The van der Waals surface area contributed by atoms with Gasteiger partial charge >= 0.3 is 6.18 Å². The van der Waals surface area contributed by atoms with Crippen LogP contribution >= 0.6 is 0 Å². The van der Waals surface area contributed by atoms with Gasteiger partial charge in [-0.1, -0.05) is 12.1 Å². The first-order valence-electron chi connectivity index (χ1n) is 11.1. The summed E-state index contributed by atoms with van der Waals surface area (Å²) in [4.78, 5) is 22.9. The van der Waals surface area contributed by atoms with Crippen LogP contribution in [0.15, 0.2) is 59.5 Å². The van der Waals surface area contributed by atoms with Crippen molar-refractivity contribution in [1.82, 2.24) is 20.1 Å². The van der Waals surface area contributed by atoms with Gasteiger partial charge in [-0.3, -0.25) is 24.8 Å². The number of aliphatic imine (C=N–C) groups is 1. The third-order valence-corrected chi connectivity index (χ3v) is 5.87. The molecule has 3 heterocycles. The molecule has 1 amide bonds. The highest BCUT2D eigenvalue weighted by atomic mass is 19.4. The van der Waals surface area contributed by atoms with E-state index in [0.717, 1.165) is 54.8 Å². The molecule has 0 radical (unpaired) electrons. The summed E-state index contributed by atoms with van der Waals surface area (Å²) < 4.78 is 39.9. The number of nitrogens with zero attached hydrogens (tertiary/aromatic N) is 4. The van der Waals surface area contributed by atoms with Gasteiger partial charge in [-0.15, -0.1) is 0 Å². The lowest BCUT2D eigenvalue weighted by atomic mass is 10.0. The van der Waals surface area contributed by atoms with Gasteiger partial charge in [0.1, 0.15) is 0 Å². The largest absolute Gasteiger partial charge is 0.418 e. The number of hydrogen-bond acceptors (Lipinski definition) is 5. The van der Waals surface area contributed by atoms with Crippen molar-refractivity contribution in [2.45, 2.75) is 25.9 Å². The van der Waals surface area contributed by atoms with Crippen molar-refractivity contribution in [1.29, 1.82) is 0 Å². The summed E-state index contributed by atoms with van der Waals surface area (Å²) in [5.74, 6) is -0.765. The maximum absolute atomic E-state index is 13.3. The predicted molar refractivity (Wildman–Crippen MR) is 130 cm³/mol. The van der Waals surface area contributed by atoms with E-state index in [9.17, 15) is 18.0 Å². The molecule has 3 aromatic rings. The lowest BCUT2D eigenvalue weighted by Crippen LogP contribution is -2.21. The summed E-state index contributed by atoms with van der Waals surface area (Å²) in [6.45, 7) is 8.39. The molecule has 182 valence electrons. The van der Waals surface area contributed by atoms with Gasteiger partial charge in [0.05, 0.1) is 23.0 Å². The number of pyridine rings is 1. The van der Waals surface area contributed by atoms with Crippen LogP contribution in [0.3, 0.4) is 0 Å². The fourth-order valence-corrected chi connectivity index (χ4v) is 4.16. The van der Waals surface area contributed by atoms with Gasteiger partial charge in [0.2, 0.25) is 0 Å². The molecule has 1 aromatic carbocycles. The zero-order valence-corrected chi connectivity index (χ0v) is 19.2. The maximum Gasteiger partial charge on any atom is 0.418 e. The Morgan fingerprint density at radius 2 is 2.06 bits per heavy atom. The normalized spacial score (nSPS) is 15.5. The summed E-state index contributed by atoms with van der Waals surface area (Å²) >= 11 is 0. The number of H-pyrrole nitrogens is 1. The van der Waals surface area contributed by atoms with E-state index in [-0.39, 0.29) is 5.69 Å². The van der Waals surface area contributed by atoms with Crippen molar-refractivity contribution in [2.75, 3.05) is 25.0 Å². The predicted octanol–water partition coefficient (Wildman–Crippen LogP) is 5.31. The first kappa shape index (κ1) is 24.3. The van der Waals surface area contributed by atoms with Crippen molar-refractivity contribution in [2.24, 2.45) is 4.99 Å². The van der Waals surface area contributed by atoms with E-state index in [1.807, 2.05) is 19.1 Å². The number of aromatic nitrogens is 3. The van der Waals surface area contributed by atoms with Crippen LogP contribution < -0.4 is 5.32 Å². The molecule has 0 saturated carbocycles. The van der Waals surface area contributed by atoms with Gasteiger partial charge in [0.15, 0.2) is 5.69 Å². The van der Waals surface area contributed by atoms with E-state index in [1.165, 1.54) is 12.8 Å². The van der Waals surface area contributed by atoms with Crippen LogP contribution in [0.5, 0.6) is 0 Å². The molecule has 2 N–H and O–H groups in total. The number of likely N-dealkylation sites (tertiary alicyclic amines) is 1. The van der Waals surface area contributed by atoms with Crippen molar-refractivity contribution >= 4 is 34.8 Å². The van der Waals surface area contributed by atoms with Crippen LogP contribution in [0.25, 0.3) is 16.5 Å². The average molecular weight is 483 g/mol. The second-order valence-electron chi connectivity index (χ2n) is 8.40. The summed E-state index contributed by atoms with van der Waals surface area (Å²) in [5, 5.41) is 9.60. The highest BCUT2D eigenvalue weighted by Gasteiger charge is 2.34. The molecule has 0 atom stereocenters. The minimum atomic E-state index is -4.63. The van der Waals surface area contributed by atoms with Crippen LogP contribution in [-0.2, 0) is 6.18 Å². The highest BCUT2D eigenvalue weighted by Crippen LogP contribution is 2.34. The number of aromatic amines is 1. The molecular weight excluding hydrogens is 457 g/mol. The third-order valence-electron chi connectivity index (χ3n) is 5.87. The third kappa shape index (κ3) is 5.65. The number of amides is 1. The van der Waals surface area contributed by atoms with Crippen molar-refractivity contribution in [3.8, 4) is 0 Å². The molecule has 2 aromatic heterocycles. The molecular formula is C25H25F3N6O. The summed E-state index contributed by atoms with van der Waals surface area (Å²) in [7, 11) is 0. The topological polar surface area (TPSA) is 86.3 Å². The van der Waals surface area contributed by atoms with Gasteiger partial charge in [-0.2, -0.15) is 18.3 Å². The van der Waals surface area contributed by atoms with E-state index in [2.05, 4.69) is 37.1 Å². The van der Waals surface area contributed by atoms with Crippen molar-refractivity contribution in [3.05, 3.63) is 71.3 Å². The van der Waals surface area contributed by atoms with Crippen LogP contribution in [0.1, 0.15) is 41.4 Å². The standard InChI is InChI=1S/C25H25F3N6O/c1-16(11-17(13-29-2)15-34-9-3-4-10-34)18-5-6-21-19(12-18)23(33-32-21)24(35)31-22-14-30-8-7-20(22)25(26,27)28/h5-8,11-14H,2-4,9-10,15H2,1H3,(H,31,35)(H,32,33)/b16-11+,17-13+. The summed E-state index contributed by atoms with van der Waals surface area (Å²) in [6, 6.07) is 6.29. The van der Waals surface area contributed by atoms with Crippen molar-refractivity contribution < 1.29 is 18.0 Å². The smallest absolute Gasteiger partial charge is 0.319 e. The zero-order valence-electron chi connectivity index (χ0n) is 19.2. The molecule has 0 spiro atoms. The Bertz CT molecular complexity index is 1300. The molecule has 1 aliphatic rings. The fourth-order valence-electron chi connectivity index (χ4n) is 4.16. The van der Waals surface area contributed by atoms with E-state index in [0.29, 0.717) is 10.9 Å². The number of carbonyl (C=O) groups is 1. The van der Waals surface area contributed by atoms with E-state index >= 15 is 0 Å². The molecule has 10 heteroatoms. The molecule has 1 aliphatic heterocycles. The van der Waals surface area contributed by atoms with Crippen LogP contribution in [0.4, 0.5) is 18.9 Å². The fraction of sp³-hybridized carbons (Fsp3) is 0.280. The van der Waals surface area contributed by atoms with E-state index < -0.39 is 23.3 Å². The van der Waals surface area contributed by atoms with Gasteiger partial charge in [0, 0.05) is 24.3 Å². The summed E-state index contributed by atoms with van der Waals surface area (Å²) in [5.41, 5.74) is 1.99. The Labute approximate surface area is 200 Å². The van der Waals surface area contributed by atoms with Crippen LogP contribution in [0.2, 0.25) is 0 Å². The number of alkyl halides is 3. The SMILES string of the molecule is C=N/C=C(\C=C(/C)c1ccc2[nH]nc(C(=O)Nc3cnccc3C(F)(F)F)c2c1)CN1CCCC1. The monoisotopic (exact) mass is 482 g/mol. The van der Waals surface area contributed by atoms with Crippen LogP contribution in [-0.4, -0.2) is 52.3 Å². The Morgan fingerprint density at radius 1 is 1.29 bits per heavy atom. The Hall–Kier alpha value is -3.79. The number of rotatable bonds is 7. The van der Waals surface area contributed by atoms with E-state index in [4.69, 9.17) is 0 Å². The lowest BCUT2D eigenvalue weighted by Gasteiger charge is -2.15. The first-order valence-corrected chi connectivity index (χ1v) is 11.1. The number of fused-ring (bicyclic) bond motifs is 1. The minimum Gasteiger partial charge on any atom is -0.319 e. The average Bonchev–Trinajstić information content (AvgIpc) is 3.48. The van der Waals surface area contributed by atoms with Crippen LogP contribution in [0, 0.1) is 0 Å². The number of anilines is 1. The van der Waals surface area contributed by atoms with E-state index in [1.54, 1.807) is 18.3 Å². The highest BCUT2D eigenvalue weighted by molar-refractivity contribution is 6.11. The second-order valence-corrected chi connectivity index (χ2v) is 8.40. The van der Waals surface area contributed by atoms with Gasteiger partial charge < -0.3 is 5.32 Å². The van der Waals surface area contributed by atoms with Gasteiger partial charge in [-0.25, -0.2) is 0 Å². The second kappa shape index (κ2) is 10.2. The molecule has 7 nitrogen and oxygen atoms in total. The quantitative estimate of drug-likeness (QED) is 0.353. The molecule has 1 fully saturated rings. The Kier molecular flexibility index (Phi) is 7.11. The Balaban J connectivity index is 1.61. The molecule has 0 unspecified atom stereocenters. The number of carbonyl (C=O) groups excluding carboxylic acids is 1. The minimum absolute atomic E-state index is 0.00721. The maximum atomic E-state index is 13.3. The lowest BCUT2D eigenvalue weighted by molar-refractivity contribution is -0.137. The zero-order chi connectivity index (χ0) is 25.0. The number of nitrogens with one attached hydrogen (secondary N) is 2. The molecule has 4 rings (SSSR count). The molecule has 1 saturated heterocycles. The van der Waals surface area contributed by atoms with Gasteiger partial charge in [0.25, 0.3) is 5.91 Å². The molecule has 0 aliphatic carbocycles. The number of hydrogen-bond donors (Lipinski definition) is 2. The number of allylic oxidation sites excluding steroid dienone is 1. The first-order chi connectivity index (χ1) is 16.8. The number of benzene rings is 1. The van der Waals surface area contributed by atoms with Crippen molar-refractivity contribution in [3.63, 3.8) is 0 Å². The molecule has 0 bridgehead atoms. The van der Waals surface area contributed by atoms with Gasteiger partial charge in [-0.05, 0) is 74.5 Å². The summed E-state index contributed by atoms with van der Waals surface area (Å²) in [6.07, 6.45) is 3.50. The molecule has 35 heavy (non-hydrogen) atoms.